The summed E-state index contributed by atoms with van der Waals surface area (Å²) in [6.07, 6.45) is 1.99. The van der Waals surface area contributed by atoms with Gasteiger partial charge in [0.15, 0.2) is 5.60 Å². The van der Waals surface area contributed by atoms with Crippen LogP contribution in [0.25, 0.3) is 0 Å². The maximum absolute atomic E-state index is 11.0. The number of carboxylic acid groups (broad SMARTS) is 1. The van der Waals surface area contributed by atoms with Gasteiger partial charge in [0.2, 0.25) is 0 Å². The average Bonchev–Trinajstić information content (AvgIpc) is 2.35. The van der Waals surface area contributed by atoms with Crippen molar-refractivity contribution in [3.63, 3.8) is 0 Å². The average molecular weight is 251 g/mol. The van der Waals surface area contributed by atoms with Gasteiger partial charge in [-0.2, -0.15) is 0 Å². The molecule has 0 radical (unpaired) electrons. The maximum atomic E-state index is 11.0. The largest absolute Gasteiger partial charge is 0.479 e. The first-order chi connectivity index (χ1) is 8.47. The molecule has 0 spiro atoms. The van der Waals surface area contributed by atoms with Gasteiger partial charge in [-0.15, -0.1) is 0 Å². The number of para-hydroxylation sites is 1. The van der Waals surface area contributed by atoms with Crippen LogP contribution in [0.4, 0.5) is 5.69 Å². The summed E-state index contributed by atoms with van der Waals surface area (Å²) in [7, 11) is 0. The molecule has 0 fully saturated rings. The third-order valence-corrected chi connectivity index (χ3v) is 2.86. The van der Waals surface area contributed by atoms with Gasteiger partial charge in [0.25, 0.3) is 0 Å². The highest BCUT2D eigenvalue weighted by Crippen LogP contribution is 2.18. The summed E-state index contributed by atoms with van der Waals surface area (Å²) in [6, 6.07) is 9.57. The van der Waals surface area contributed by atoms with Crippen molar-refractivity contribution in [1.82, 2.24) is 0 Å². The predicted molar refractivity (Wildman–Crippen MR) is 71.8 cm³/mol. The van der Waals surface area contributed by atoms with Crippen molar-refractivity contribution in [2.24, 2.45) is 0 Å². The second kappa shape index (κ2) is 6.40. The molecule has 0 aliphatic carbocycles. The lowest BCUT2D eigenvalue weighted by Crippen LogP contribution is -2.47. The summed E-state index contributed by atoms with van der Waals surface area (Å²) in [4.78, 5) is 12.9. The third kappa shape index (κ3) is 4.04. The Morgan fingerprint density at radius 2 is 1.94 bits per heavy atom. The van der Waals surface area contributed by atoms with E-state index in [0.29, 0.717) is 0 Å². The molecule has 0 aliphatic rings. The highest BCUT2D eigenvalue weighted by atomic mass is 16.4. The van der Waals surface area contributed by atoms with Gasteiger partial charge in [0, 0.05) is 12.2 Å². The Bertz CT molecular complexity index is 376. The first-order valence-electron chi connectivity index (χ1n) is 6.23. The first kappa shape index (κ1) is 14.5. The zero-order chi connectivity index (χ0) is 13.6. The van der Waals surface area contributed by atoms with Crippen molar-refractivity contribution >= 4 is 11.7 Å². The molecule has 0 saturated heterocycles. The minimum atomic E-state index is -1.73. The summed E-state index contributed by atoms with van der Waals surface area (Å²) < 4.78 is 0. The van der Waals surface area contributed by atoms with Crippen molar-refractivity contribution in [2.45, 2.75) is 32.3 Å². The number of hydrogen-bond donors (Lipinski definition) is 2. The fourth-order valence-corrected chi connectivity index (χ4v) is 1.73. The molecule has 0 heterocycles. The number of unbranched alkanes of at least 4 members (excludes halogenated alkanes) is 1. The number of benzene rings is 1. The van der Waals surface area contributed by atoms with Crippen molar-refractivity contribution in [1.29, 1.82) is 0 Å². The normalized spacial score (nSPS) is 13.9. The maximum Gasteiger partial charge on any atom is 0.337 e. The van der Waals surface area contributed by atoms with Gasteiger partial charge < -0.3 is 15.1 Å². The molecule has 4 nitrogen and oxygen atoms in total. The summed E-state index contributed by atoms with van der Waals surface area (Å²) in [5.74, 6) is -1.19. The molecule has 4 heteroatoms. The van der Waals surface area contributed by atoms with Crippen LogP contribution in [0.3, 0.4) is 0 Å². The van der Waals surface area contributed by atoms with E-state index in [0.717, 1.165) is 25.1 Å². The van der Waals surface area contributed by atoms with Gasteiger partial charge >= 0.3 is 5.97 Å². The molecule has 1 aromatic carbocycles. The number of rotatable bonds is 7. The number of aliphatic carboxylic acids is 1. The molecule has 1 unspecified atom stereocenters. The van der Waals surface area contributed by atoms with Crippen LogP contribution >= 0.6 is 0 Å². The molecule has 100 valence electrons. The van der Waals surface area contributed by atoms with Gasteiger partial charge in [-0.25, -0.2) is 4.79 Å². The van der Waals surface area contributed by atoms with Crippen LogP contribution in [-0.4, -0.2) is 34.9 Å². The van der Waals surface area contributed by atoms with E-state index in [1.165, 1.54) is 6.92 Å². The molecule has 1 aromatic rings. The lowest BCUT2D eigenvalue weighted by Gasteiger charge is -2.30. The molecule has 0 saturated carbocycles. The smallest absolute Gasteiger partial charge is 0.337 e. The van der Waals surface area contributed by atoms with E-state index in [2.05, 4.69) is 6.92 Å². The van der Waals surface area contributed by atoms with Crippen LogP contribution in [0, 0.1) is 0 Å². The lowest BCUT2D eigenvalue weighted by molar-refractivity contribution is -0.155. The molecule has 0 amide bonds. The molecule has 2 N–H and O–H groups in total. The van der Waals surface area contributed by atoms with E-state index in [9.17, 15) is 9.90 Å². The molecule has 0 aliphatic heterocycles. The monoisotopic (exact) mass is 251 g/mol. The number of carbonyl (C=O) groups is 1. The Kier molecular flexibility index (Phi) is 5.16. The zero-order valence-corrected chi connectivity index (χ0v) is 11.0. The second-order valence-electron chi connectivity index (χ2n) is 4.69. The van der Waals surface area contributed by atoms with E-state index in [4.69, 9.17) is 5.11 Å². The highest BCUT2D eigenvalue weighted by Gasteiger charge is 2.32. The van der Waals surface area contributed by atoms with Gasteiger partial charge in [-0.05, 0) is 25.5 Å². The Morgan fingerprint density at radius 3 is 2.44 bits per heavy atom. The van der Waals surface area contributed by atoms with Crippen LogP contribution in [0.1, 0.15) is 26.7 Å². The van der Waals surface area contributed by atoms with Crippen molar-refractivity contribution < 1.29 is 15.0 Å². The van der Waals surface area contributed by atoms with Crippen LogP contribution < -0.4 is 4.90 Å². The fraction of sp³-hybridized carbons (Fsp3) is 0.500. The van der Waals surface area contributed by atoms with Gasteiger partial charge in [-0.1, -0.05) is 31.5 Å². The van der Waals surface area contributed by atoms with E-state index in [1.54, 1.807) is 0 Å². The third-order valence-electron chi connectivity index (χ3n) is 2.86. The van der Waals surface area contributed by atoms with Gasteiger partial charge in [0.05, 0.1) is 6.54 Å². The molecule has 1 atom stereocenters. The quantitative estimate of drug-likeness (QED) is 0.779. The van der Waals surface area contributed by atoms with Gasteiger partial charge in [0.1, 0.15) is 0 Å². The predicted octanol–water partition coefficient (Wildman–Crippen LogP) is 2.13. The highest BCUT2D eigenvalue weighted by molar-refractivity contribution is 5.77. The summed E-state index contributed by atoms with van der Waals surface area (Å²) >= 11 is 0. The Labute approximate surface area is 108 Å². The van der Waals surface area contributed by atoms with Crippen LogP contribution in [-0.2, 0) is 4.79 Å². The summed E-state index contributed by atoms with van der Waals surface area (Å²) in [6.45, 7) is 4.24. The van der Waals surface area contributed by atoms with E-state index >= 15 is 0 Å². The minimum absolute atomic E-state index is 0.0896. The molecule has 0 aromatic heterocycles. The first-order valence-corrected chi connectivity index (χ1v) is 6.23. The van der Waals surface area contributed by atoms with Crippen LogP contribution in [0.15, 0.2) is 30.3 Å². The fourth-order valence-electron chi connectivity index (χ4n) is 1.73. The SMILES string of the molecule is CCCCN(CC(C)(O)C(=O)O)c1ccccc1. The number of anilines is 1. The van der Waals surface area contributed by atoms with E-state index in [-0.39, 0.29) is 6.54 Å². The van der Waals surface area contributed by atoms with Crippen molar-refractivity contribution in [3.8, 4) is 0 Å². The van der Waals surface area contributed by atoms with Gasteiger partial charge in [-0.3, -0.25) is 0 Å². The zero-order valence-electron chi connectivity index (χ0n) is 11.0. The molecular formula is C14H21NO3. The Balaban J connectivity index is 2.83. The molecule has 0 bridgehead atoms. The Morgan fingerprint density at radius 1 is 1.33 bits per heavy atom. The van der Waals surface area contributed by atoms with Crippen molar-refractivity contribution in [2.75, 3.05) is 18.0 Å². The topological polar surface area (TPSA) is 60.8 Å². The van der Waals surface area contributed by atoms with E-state index < -0.39 is 11.6 Å². The van der Waals surface area contributed by atoms with Crippen LogP contribution in [0.5, 0.6) is 0 Å². The number of nitrogens with zero attached hydrogens (tertiary/aromatic N) is 1. The number of carboxylic acids is 1. The van der Waals surface area contributed by atoms with Crippen molar-refractivity contribution in [3.05, 3.63) is 30.3 Å². The molecule has 1 rings (SSSR count). The molecule has 18 heavy (non-hydrogen) atoms. The minimum Gasteiger partial charge on any atom is -0.479 e. The van der Waals surface area contributed by atoms with Crippen LogP contribution in [0.2, 0.25) is 0 Å². The number of aliphatic hydroxyl groups is 1. The summed E-state index contributed by atoms with van der Waals surface area (Å²) in [5, 5.41) is 18.9. The molecular weight excluding hydrogens is 230 g/mol. The van der Waals surface area contributed by atoms with E-state index in [1.807, 2.05) is 35.2 Å². The summed E-state index contributed by atoms with van der Waals surface area (Å²) in [5.41, 5.74) is -0.795. The second-order valence-corrected chi connectivity index (χ2v) is 4.69. The standard InChI is InChI=1S/C14H21NO3/c1-3-4-10-15(11-14(2,18)13(16)17)12-8-6-5-7-9-12/h5-9,18H,3-4,10-11H2,1-2H3,(H,16,17). The number of hydrogen-bond acceptors (Lipinski definition) is 3. The Hall–Kier alpha value is -1.55. The lowest BCUT2D eigenvalue weighted by atomic mass is 10.1.